The number of carbonyl (C=O) groups is 1. The monoisotopic (exact) mass is 255 g/mol. The first-order chi connectivity index (χ1) is 8.16. The van der Waals surface area contributed by atoms with Crippen molar-refractivity contribution in [2.24, 2.45) is 0 Å². The number of amides is 1. The van der Waals surface area contributed by atoms with E-state index in [9.17, 15) is 14.3 Å². The Labute approximate surface area is 104 Å². The topological polar surface area (TPSA) is 40.5 Å². The largest absolute Gasteiger partial charge is 0.391 e. The van der Waals surface area contributed by atoms with Crippen LogP contribution in [-0.2, 0) is 4.79 Å². The Kier molecular flexibility index (Phi) is 4.02. The van der Waals surface area contributed by atoms with E-state index in [1.807, 2.05) is 0 Å². The van der Waals surface area contributed by atoms with Gasteiger partial charge in [0.2, 0.25) is 5.91 Å². The van der Waals surface area contributed by atoms with E-state index >= 15 is 0 Å². The second kappa shape index (κ2) is 5.51. The molecule has 0 aromatic heterocycles. The Hall–Kier alpha value is -1.07. The molecule has 1 saturated heterocycles. The number of carbonyl (C=O) groups excluding carboxylic acids is 1. The number of halogens is 1. The molecule has 0 spiro atoms. The first-order valence-corrected chi connectivity index (χ1v) is 6.48. The van der Waals surface area contributed by atoms with E-state index in [0.717, 1.165) is 0 Å². The van der Waals surface area contributed by atoms with E-state index in [1.165, 1.54) is 17.8 Å². The summed E-state index contributed by atoms with van der Waals surface area (Å²) >= 11 is 1.20. The van der Waals surface area contributed by atoms with Gasteiger partial charge in [-0.2, -0.15) is 0 Å². The van der Waals surface area contributed by atoms with Crippen LogP contribution in [0.15, 0.2) is 29.2 Å². The zero-order chi connectivity index (χ0) is 12.3. The summed E-state index contributed by atoms with van der Waals surface area (Å²) in [5.74, 6) is -0.130. The van der Waals surface area contributed by atoms with Crippen LogP contribution in [0.5, 0.6) is 0 Å². The van der Waals surface area contributed by atoms with Crippen LogP contribution in [0.25, 0.3) is 0 Å². The lowest BCUT2D eigenvalue weighted by Crippen LogP contribution is -2.30. The normalized spacial score (nSPS) is 19.6. The molecule has 0 saturated carbocycles. The first-order valence-electron chi connectivity index (χ1n) is 5.50. The van der Waals surface area contributed by atoms with Crippen molar-refractivity contribution in [3.8, 4) is 0 Å². The van der Waals surface area contributed by atoms with Gasteiger partial charge < -0.3 is 10.0 Å². The molecule has 1 aromatic rings. The van der Waals surface area contributed by atoms with Crippen LogP contribution in [0.3, 0.4) is 0 Å². The van der Waals surface area contributed by atoms with Crippen molar-refractivity contribution in [3.63, 3.8) is 0 Å². The molecular weight excluding hydrogens is 241 g/mol. The lowest BCUT2D eigenvalue weighted by Gasteiger charge is -2.15. The molecule has 92 valence electrons. The number of hydrogen-bond donors (Lipinski definition) is 1. The van der Waals surface area contributed by atoms with Crippen LogP contribution < -0.4 is 0 Å². The predicted octanol–water partition coefficient (Wildman–Crippen LogP) is 1.51. The summed E-state index contributed by atoms with van der Waals surface area (Å²) in [5.41, 5.74) is 0. The van der Waals surface area contributed by atoms with E-state index < -0.39 is 6.10 Å². The number of aliphatic hydroxyl groups excluding tert-OH is 1. The minimum atomic E-state index is -0.405. The molecule has 0 unspecified atom stereocenters. The third-order valence-electron chi connectivity index (χ3n) is 2.70. The highest BCUT2D eigenvalue weighted by Crippen LogP contribution is 2.22. The molecule has 1 aromatic carbocycles. The lowest BCUT2D eigenvalue weighted by atomic mass is 10.3. The fourth-order valence-electron chi connectivity index (χ4n) is 1.76. The van der Waals surface area contributed by atoms with Gasteiger partial charge in [-0.15, -0.1) is 11.8 Å². The maximum Gasteiger partial charge on any atom is 0.233 e. The van der Waals surface area contributed by atoms with Gasteiger partial charge in [0.1, 0.15) is 5.82 Å². The third kappa shape index (κ3) is 3.20. The summed E-state index contributed by atoms with van der Waals surface area (Å²) in [6.45, 7) is 0.995. The summed E-state index contributed by atoms with van der Waals surface area (Å²) in [4.78, 5) is 13.9. The minimum Gasteiger partial charge on any atom is -0.391 e. The van der Waals surface area contributed by atoms with Crippen molar-refractivity contribution in [2.75, 3.05) is 18.8 Å². The number of benzene rings is 1. The van der Waals surface area contributed by atoms with Gasteiger partial charge in [-0.05, 0) is 18.6 Å². The average molecular weight is 255 g/mol. The Morgan fingerprint density at radius 2 is 2.29 bits per heavy atom. The maximum absolute atomic E-state index is 13.3. The molecule has 2 rings (SSSR count). The van der Waals surface area contributed by atoms with Crippen molar-refractivity contribution in [1.82, 2.24) is 4.90 Å². The van der Waals surface area contributed by atoms with E-state index in [-0.39, 0.29) is 17.5 Å². The predicted molar refractivity (Wildman–Crippen MR) is 64.3 cm³/mol. The summed E-state index contributed by atoms with van der Waals surface area (Å²) in [5, 5.41) is 9.32. The van der Waals surface area contributed by atoms with E-state index in [4.69, 9.17) is 0 Å². The fraction of sp³-hybridized carbons (Fsp3) is 0.417. The Bertz CT molecular complexity index is 413. The molecule has 3 nitrogen and oxygen atoms in total. The second-order valence-corrected chi connectivity index (χ2v) is 5.02. The van der Waals surface area contributed by atoms with Crippen LogP contribution in [0.1, 0.15) is 6.42 Å². The second-order valence-electron chi connectivity index (χ2n) is 4.00. The maximum atomic E-state index is 13.3. The van der Waals surface area contributed by atoms with Gasteiger partial charge in [0.15, 0.2) is 0 Å². The molecule has 0 radical (unpaired) electrons. The number of rotatable bonds is 3. The molecule has 17 heavy (non-hydrogen) atoms. The van der Waals surface area contributed by atoms with Crippen molar-refractivity contribution in [3.05, 3.63) is 30.1 Å². The van der Waals surface area contributed by atoms with Gasteiger partial charge in [-0.25, -0.2) is 4.39 Å². The zero-order valence-corrected chi connectivity index (χ0v) is 10.1. The lowest BCUT2D eigenvalue weighted by molar-refractivity contribution is -0.127. The number of nitrogens with zero attached hydrogens (tertiary/aromatic N) is 1. The number of hydrogen-bond acceptors (Lipinski definition) is 3. The molecular formula is C12H14FNO2S. The molecule has 1 N–H and O–H groups in total. The Morgan fingerprint density at radius 1 is 1.53 bits per heavy atom. The van der Waals surface area contributed by atoms with Crippen molar-refractivity contribution in [1.29, 1.82) is 0 Å². The highest BCUT2D eigenvalue weighted by molar-refractivity contribution is 8.00. The molecule has 1 heterocycles. The average Bonchev–Trinajstić information content (AvgIpc) is 2.74. The molecule has 1 aliphatic heterocycles. The van der Waals surface area contributed by atoms with Gasteiger partial charge >= 0.3 is 0 Å². The number of aliphatic hydroxyl groups is 1. The Morgan fingerprint density at radius 3 is 2.94 bits per heavy atom. The van der Waals surface area contributed by atoms with E-state index in [2.05, 4.69) is 0 Å². The zero-order valence-electron chi connectivity index (χ0n) is 9.30. The van der Waals surface area contributed by atoms with Gasteiger partial charge in [-0.1, -0.05) is 12.1 Å². The van der Waals surface area contributed by atoms with Crippen LogP contribution in [0.2, 0.25) is 0 Å². The van der Waals surface area contributed by atoms with Crippen LogP contribution >= 0.6 is 11.8 Å². The molecule has 1 aliphatic rings. The van der Waals surface area contributed by atoms with Crippen LogP contribution in [0.4, 0.5) is 4.39 Å². The molecule has 1 amide bonds. The van der Waals surface area contributed by atoms with Gasteiger partial charge in [0, 0.05) is 18.0 Å². The number of thioether (sulfide) groups is 1. The highest BCUT2D eigenvalue weighted by atomic mass is 32.2. The highest BCUT2D eigenvalue weighted by Gasteiger charge is 2.24. The third-order valence-corrected chi connectivity index (χ3v) is 3.74. The first kappa shape index (κ1) is 12.4. The van der Waals surface area contributed by atoms with Crippen LogP contribution in [0, 0.1) is 5.82 Å². The summed E-state index contributed by atoms with van der Waals surface area (Å²) < 4.78 is 13.3. The summed E-state index contributed by atoms with van der Waals surface area (Å²) in [7, 11) is 0. The smallest absolute Gasteiger partial charge is 0.233 e. The SMILES string of the molecule is O=C(CSc1ccccc1F)N1CC[C@H](O)C1. The molecule has 1 atom stereocenters. The summed E-state index contributed by atoms with van der Waals surface area (Å²) in [6, 6.07) is 6.41. The van der Waals surface area contributed by atoms with E-state index in [0.29, 0.717) is 24.4 Å². The van der Waals surface area contributed by atoms with Crippen molar-refractivity contribution < 1.29 is 14.3 Å². The van der Waals surface area contributed by atoms with Gasteiger partial charge in [0.25, 0.3) is 0 Å². The van der Waals surface area contributed by atoms with E-state index in [1.54, 1.807) is 23.1 Å². The standard InChI is InChI=1S/C12H14FNO2S/c13-10-3-1-2-4-11(10)17-8-12(16)14-6-5-9(15)7-14/h1-4,9,15H,5-8H2/t9-/m0/s1. The van der Waals surface area contributed by atoms with Crippen LogP contribution in [-0.4, -0.2) is 40.9 Å². The molecule has 1 fully saturated rings. The van der Waals surface area contributed by atoms with Crippen molar-refractivity contribution >= 4 is 17.7 Å². The number of β-amino-alcohol motifs (C(OH)–C–C–N with tert-alkyl or cyclic N) is 1. The van der Waals surface area contributed by atoms with Crippen molar-refractivity contribution in [2.45, 2.75) is 17.4 Å². The molecule has 5 heteroatoms. The number of likely N-dealkylation sites (tertiary alicyclic amines) is 1. The minimum absolute atomic E-state index is 0.0465. The van der Waals surface area contributed by atoms with Gasteiger partial charge in [-0.3, -0.25) is 4.79 Å². The molecule has 0 bridgehead atoms. The fourth-order valence-corrected chi connectivity index (χ4v) is 2.60. The summed E-state index contributed by atoms with van der Waals surface area (Å²) in [6.07, 6.45) is 0.230. The van der Waals surface area contributed by atoms with Gasteiger partial charge in [0.05, 0.1) is 11.9 Å². The molecule has 0 aliphatic carbocycles. The Balaban J connectivity index is 1.86. The quantitative estimate of drug-likeness (QED) is 0.832.